The molecule has 1 fully saturated rings. The minimum absolute atomic E-state index is 0.0777. The highest BCUT2D eigenvalue weighted by molar-refractivity contribution is 5.96. The summed E-state index contributed by atoms with van der Waals surface area (Å²) in [6.45, 7) is 1.06. The van der Waals surface area contributed by atoms with E-state index in [4.69, 9.17) is 0 Å². The molecule has 5 rings (SSSR count). The van der Waals surface area contributed by atoms with Crippen molar-refractivity contribution in [1.29, 1.82) is 0 Å². The number of hydrogen-bond donors (Lipinski definition) is 3. The first-order chi connectivity index (χ1) is 16.5. The zero-order chi connectivity index (χ0) is 23.7. The Kier molecular flexibility index (Phi) is 5.93. The Bertz CT molecular complexity index is 1350. The van der Waals surface area contributed by atoms with Crippen LogP contribution in [-0.2, 0) is 6.42 Å². The zero-order valence-electron chi connectivity index (χ0n) is 18.3. The summed E-state index contributed by atoms with van der Waals surface area (Å²) in [5.41, 5.74) is 2.67. The molecule has 4 aromatic rings. The highest BCUT2D eigenvalue weighted by Gasteiger charge is 2.22. The number of carbonyl (C=O) groups is 1. The standard InChI is InChI=1S/C25H23F2N5O2/c26-18-4-5-22(27)17(12-18)10-15-11-21-23(28-14-15)30-31-24(21)29-19-3-1-2-16(13-19)25(34)32-8-6-20(33)7-9-32/h1-5,11-14,20,33H,6-10H2,(H2,28,29,30,31). The van der Waals surface area contributed by atoms with Gasteiger partial charge >= 0.3 is 0 Å². The number of hydrogen-bond acceptors (Lipinski definition) is 5. The van der Waals surface area contributed by atoms with Gasteiger partial charge in [-0.05, 0) is 66.4 Å². The first kappa shape index (κ1) is 22.0. The average Bonchev–Trinajstić information content (AvgIpc) is 3.23. The van der Waals surface area contributed by atoms with Crippen LogP contribution in [0, 0.1) is 11.6 Å². The maximum Gasteiger partial charge on any atom is 0.253 e. The number of pyridine rings is 1. The number of benzene rings is 2. The first-order valence-corrected chi connectivity index (χ1v) is 11.1. The molecule has 0 spiro atoms. The monoisotopic (exact) mass is 463 g/mol. The molecule has 3 N–H and O–H groups in total. The molecule has 2 aromatic heterocycles. The fourth-order valence-electron chi connectivity index (χ4n) is 4.16. The molecule has 0 aliphatic carbocycles. The molecule has 0 saturated carbocycles. The lowest BCUT2D eigenvalue weighted by Gasteiger charge is -2.29. The molecule has 0 radical (unpaired) electrons. The second kappa shape index (κ2) is 9.18. The quantitative estimate of drug-likeness (QED) is 0.413. The molecule has 7 nitrogen and oxygen atoms in total. The van der Waals surface area contributed by atoms with E-state index in [1.807, 2.05) is 12.1 Å². The van der Waals surface area contributed by atoms with E-state index < -0.39 is 11.6 Å². The molecule has 1 saturated heterocycles. The van der Waals surface area contributed by atoms with Gasteiger partial charge in [0.1, 0.15) is 17.5 Å². The highest BCUT2D eigenvalue weighted by Crippen LogP contribution is 2.26. The largest absolute Gasteiger partial charge is 0.393 e. The summed E-state index contributed by atoms with van der Waals surface area (Å²) >= 11 is 0. The second-order valence-corrected chi connectivity index (χ2v) is 8.46. The number of aromatic amines is 1. The van der Waals surface area contributed by atoms with Crippen LogP contribution in [0.1, 0.15) is 34.3 Å². The van der Waals surface area contributed by atoms with Crippen LogP contribution in [0.15, 0.2) is 54.7 Å². The summed E-state index contributed by atoms with van der Waals surface area (Å²) in [7, 11) is 0. The Balaban J connectivity index is 1.37. The van der Waals surface area contributed by atoms with E-state index in [-0.39, 0.29) is 24.0 Å². The number of aliphatic hydroxyl groups is 1. The number of H-pyrrole nitrogens is 1. The topological polar surface area (TPSA) is 94.1 Å². The number of amides is 1. The fraction of sp³-hybridized carbons (Fsp3) is 0.240. The van der Waals surface area contributed by atoms with Crippen molar-refractivity contribution in [1.82, 2.24) is 20.1 Å². The highest BCUT2D eigenvalue weighted by atomic mass is 19.1. The van der Waals surface area contributed by atoms with Crippen LogP contribution < -0.4 is 5.32 Å². The maximum atomic E-state index is 14.1. The Hall–Kier alpha value is -3.85. The van der Waals surface area contributed by atoms with E-state index in [1.54, 1.807) is 29.3 Å². The van der Waals surface area contributed by atoms with E-state index in [0.29, 0.717) is 59.6 Å². The van der Waals surface area contributed by atoms with Gasteiger partial charge in [0.05, 0.1) is 11.5 Å². The smallest absolute Gasteiger partial charge is 0.253 e. The van der Waals surface area contributed by atoms with Crippen LogP contribution in [0.25, 0.3) is 11.0 Å². The Morgan fingerprint density at radius 2 is 1.97 bits per heavy atom. The van der Waals surface area contributed by atoms with Gasteiger partial charge in [0.15, 0.2) is 5.65 Å². The van der Waals surface area contributed by atoms with Crippen molar-refractivity contribution in [2.75, 3.05) is 18.4 Å². The van der Waals surface area contributed by atoms with E-state index in [2.05, 4.69) is 20.5 Å². The predicted octanol–water partition coefficient (Wildman–Crippen LogP) is 4.17. The number of nitrogens with one attached hydrogen (secondary N) is 2. The summed E-state index contributed by atoms with van der Waals surface area (Å²) in [4.78, 5) is 18.9. The molecule has 1 amide bonds. The van der Waals surface area contributed by atoms with Gasteiger partial charge in [-0.2, -0.15) is 5.10 Å². The minimum atomic E-state index is -0.494. The molecular formula is C25H23F2N5O2. The van der Waals surface area contributed by atoms with Crippen molar-refractivity contribution in [3.8, 4) is 0 Å². The van der Waals surface area contributed by atoms with Crippen molar-refractivity contribution in [2.45, 2.75) is 25.4 Å². The number of carbonyl (C=O) groups excluding carboxylic acids is 1. The summed E-state index contributed by atoms with van der Waals surface area (Å²) in [5, 5.41) is 20.7. The molecule has 0 unspecified atom stereocenters. The lowest BCUT2D eigenvalue weighted by Crippen LogP contribution is -2.40. The molecular weight excluding hydrogens is 440 g/mol. The third-order valence-corrected chi connectivity index (χ3v) is 6.00. The molecule has 1 aliphatic rings. The molecule has 0 atom stereocenters. The van der Waals surface area contributed by atoms with Gasteiger partial charge < -0.3 is 15.3 Å². The average molecular weight is 463 g/mol. The Morgan fingerprint density at radius 1 is 1.15 bits per heavy atom. The van der Waals surface area contributed by atoms with Crippen LogP contribution in [0.5, 0.6) is 0 Å². The van der Waals surface area contributed by atoms with Gasteiger partial charge in [0, 0.05) is 37.0 Å². The maximum absolute atomic E-state index is 14.1. The number of halogens is 2. The SMILES string of the molecule is O=C(c1cccc(Nc2[nH]nc3ncc(Cc4cc(F)ccc4F)cc23)c1)N1CCC(O)CC1. The molecule has 1 aliphatic heterocycles. The van der Waals surface area contributed by atoms with E-state index in [1.165, 1.54) is 6.07 Å². The fourth-order valence-corrected chi connectivity index (χ4v) is 4.16. The van der Waals surface area contributed by atoms with Gasteiger partial charge in [0.2, 0.25) is 0 Å². The van der Waals surface area contributed by atoms with Crippen LogP contribution in [0.3, 0.4) is 0 Å². The summed E-state index contributed by atoms with van der Waals surface area (Å²) in [6.07, 6.45) is 2.59. The van der Waals surface area contributed by atoms with Crippen molar-refractivity contribution in [3.05, 3.63) is 83.1 Å². The van der Waals surface area contributed by atoms with Crippen LogP contribution >= 0.6 is 0 Å². The molecule has 0 bridgehead atoms. The summed E-state index contributed by atoms with van der Waals surface area (Å²) in [5.74, 6) is -0.469. The lowest BCUT2D eigenvalue weighted by molar-refractivity contribution is 0.0546. The molecule has 3 heterocycles. The van der Waals surface area contributed by atoms with Crippen molar-refractivity contribution in [2.24, 2.45) is 0 Å². The number of aromatic nitrogens is 3. The van der Waals surface area contributed by atoms with E-state index >= 15 is 0 Å². The first-order valence-electron chi connectivity index (χ1n) is 11.1. The summed E-state index contributed by atoms with van der Waals surface area (Å²) < 4.78 is 27.6. The van der Waals surface area contributed by atoms with E-state index in [0.717, 1.165) is 12.1 Å². The number of anilines is 2. The number of rotatable bonds is 5. The number of fused-ring (bicyclic) bond motifs is 1. The third-order valence-electron chi connectivity index (χ3n) is 6.00. The van der Waals surface area contributed by atoms with E-state index in [9.17, 15) is 18.7 Å². The second-order valence-electron chi connectivity index (χ2n) is 8.46. The number of nitrogens with zero attached hydrogens (tertiary/aromatic N) is 3. The van der Waals surface area contributed by atoms with Gasteiger partial charge in [0.25, 0.3) is 5.91 Å². The molecule has 174 valence electrons. The van der Waals surface area contributed by atoms with Crippen LogP contribution in [0.2, 0.25) is 0 Å². The zero-order valence-corrected chi connectivity index (χ0v) is 18.3. The Labute approximate surface area is 194 Å². The molecule has 9 heteroatoms. The van der Waals surface area contributed by atoms with Gasteiger partial charge in [-0.25, -0.2) is 13.8 Å². The Morgan fingerprint density at radius 3 is 2.79 bits per heavy atom. The number of aliphatic hydroxyl groups excluding tert-OH is 1. The third kappa shape index (κ3) is 4.60. The molecule has 2 aromatic carbocycles. The van der Waals surface area contributed by atoms with Gasteiger partial charge in [-0.3, -0.25) is 9.89 Å². The lowest BCUT2D eigenvalue weighted by atomic mass is 10.0. The minimum Gasteiger partial charge on any atom is -0.393 e. The van der Waals surface area contributed by atoms with Gasteiger partial charge in [-0.15, -0.1) is 0 Å². The number of likely N-dealkylation sites (tertiary alicyclic amines) is 1. The summed E-state index contributed by atoms with van der Waals surface area (Å²) in [6, 6.07) is 12.4. The van der Waals surface area contributed by atoms with Crippen molar-refractivity contribution in [3.63, 3.8) is 0 Å². The van der Waals surface area contributed by atoms with Crippen LogP contribution in [-0.4, -0.2) is 50.3 Å². The number of piperidine rings is 1. The van der Waals surface area contributed by atoms with Crippen molar-refractivity contribution >= 4 is 28.4 Å². The van der Waals surface area contributed by atoms with Gasteiger partial charge in [-0.1, -0.05) is 6.07 Å². The van der Waals surface area contributed by atoms with Crippen LogP contribution in [0.4, 0.5) is 20.3 Å². The normalized spacial score (nSPS) is 14.5. The predicted molar refractivity (Wildman–Crippen MR) is 124 cm³/mol. The van der Waals surface area contributed by atoms with Crippen molar-refractivity contribution < 1.29 is 18.7 Å². The molecule has 34 heavy (non-hydrogen) atoms.